The van der Waals surface area contributed by atoms with Crippen molar-refractivity contribution in [2.45, 2.75) is 101 Å². The van der Waals surface area contributed by atoms with Crippen molar-refractivity contribution in [3.8, 4) is 0 Å². The summed E-state index contributed by atoms with van der Waals surface area (Å²) in [6, 6.07) is 19.8. The molecule has 0 radical (unpaired) electrons. The number of benzene rings is 2. The maximum Gasteiger partial charge on any atom is 0.302 e. The Bertz CT molecular complexity index is 1120. The number of carbonyl (C=O) groups excluding carboxylic acids is 1. The Labute approximate surface area is 253 Å². The molecule has 0 aromatic heterocycles. The minimum absolute atomic E-state index is 0.128. The van der Waals surface area contributed by atoms with Crippen LogP contribution in [0.1, 0.15) is 63.0 Å². The highest BCUT2D eigenvalue weighted by molar-refractivity contribution is 5.66. The van der Waals surface area contributed by atoms with E-state index < -0.39 is 17.7 Å². The molecule has 3 heterocycles. The van der Waals surface area contributed by atoms with E-state index in [1.807, 2.05) is 60.7 Å². The van der Waals surface area contributed by atoms with Gasteiger partial charge in [0.05, 0.1) is 51.2 Å². The molecule has 5 rings (SSSR count). The molecule has 1 spiro atoms. The second kappa shape index (κ2) is 15.5. The molecular weight excluding hydrogens is 556 g/mol. The van der Waals surface area contributed by atoms with Crippen molar-refractivity contribution in [2.24, 2.45) is 0 Å². The quantitative estimate of drug-likeness (QED) is 0.177. The van der Waals surface area contributed by atoms with Gasteiger partial charge in [-0.1, -0.05) is 60.7 Å². The fourth-order valence-electron chi connectivity index (χ4n) is 6.23. The first-order valence-electron chi connectivity index (χ1n) is 15.2. The van der Waals surface area contributed by atoms with E-state index in [-0.39, 0.29) is 44.3 Å². The van der Waals surface area contributed by atoms with Crippen LogP contribution in [0.15, 0.2) is 60.7 Å². The van der Waals surface area contributed by atoms with Crippen LogP contribution in [-0.2, 0) is 55.9 Å². The molecular formula is C33H44O10. The van der Waals surface area contributed by atoms with Crippen LogP contribution in [0.3, 0.4) is 0 Å². The monoisotopic (exact) mass is 600 g/mol. The zero-order chi connectivity index (χ0) is 30.0. The number of rotatable bonds is 15. The summed E-state index contributed by atoms with van der Waals surface area (Å²) < 4.78 is 47.4. The Morgan fingerprint density at radius 3 is 1.93 bits per heavy atom. The molecule has 0 amide bonds. The molecule has 3 fully saturated rings. The van der Waals surface area contributed by atoms with Gasteiger partial charge in [-0.3, -0.25) is 4.79 Å². The third-order valence-corrected chi connectivity index (χ3v) is 7.89. The van der Waals surface area contributed by atoms with Crippen LogP contribution in [0.5, 0.6) is 0 Å². The third kappa shape index (κ3) is 10.1. The van der Waals surface area contributed by atoms with Crippen LogP contribution in [0, 0.1) is 0 Å². The predicted octanol–water partition coefficient (Wildman–Crippen LogP) is 4.61. The number of hydrogen-bond acceptors (Lipinski definition) is 10. The van der Waals surface area contributed by atoms with Crippen LogP contribution < -0.4 is 0 Å². The number of esters is 1. The van der Waals surface area contributed by atoms with Crippen molar-refractivity contribution in [1.29, 1.82) is 0 Å². The Balaban J connectivity index is 1.07. The van der Waals surface area contributed by atoms with Gasteiger partial charge in [0.25, 0.3) is 0 Å². The third-order valence-electron chi connectivity index (χ3n) is 7.89. The molecule has 2 bridgehead atoms. The summed E-state index contributed by atoms with van der Waals surface area (Å²) in [4.78, 5) is 11.8. The van der Waals surface area contributed by atoms with Crippen LogP contribution in [0.4, 0.5) is 0 Å². The van der Waals surface area contributed by atoms with E-state index in [1.165, 1.54) is 6.92 Å². The zero-order valence-electron chi connectivity index (χ0n) is 24.9. The van der Waals surface area contributed by atoms with Crippen LogP contribution >= 0.6 is 0 Å². The Morgan fingerprint density at radius 2 is 1.37 bits per heavy atom. The fourth-order valence-corrected chi connectivity index (χ4v) is 6.23. The molecule has 10 heteroatoms. The van der Waals surface area contributed by atoms with E-state index in [2.05, 4.69) is 0 Å². The van der Waals surface area contributed by atoms with Gasteiger partial charge >= 0.3 is 5.97 Å². The smallest absolute Gasteiger partial charge is 0.302 e. The average Bonchev–Trinajstić information content (AvgIpc) is 2.96. The van der Waals surface area contributed by atoms with Crippen molar-refractivity contribution < 1.29 is 47.8 Å². The highest BCUT2D eigenvalue weighted by Gasteiger charge is 2.57. The lowest BCUT2D eigenvalue weighted by Gasteiger charge is -2.55. The molecule has 43 heavy (non-hydrogen) atoms. The maximum atomic E-state index is 11.8. The number of aliphatic hydroxyl groups is 1. The summed E-state index contributed by atoms with van der Waals surface area (Å²) in [7, 11) is 0. The van der Waals surface area contributed by atoms with Gasteiger partial charge in [-0.2, -0.15) is 0 Å². The first-order chi connectivity index (χ1) is 20.9. The van der Waals surface area contributed by atoms with Gasteiger partial charge in [0.2, 0.25) is 0 Å². The lowest BCUT2D eigenvalue weighted by molar-refractivity contribution is -0.411. The molecule has 0 saturated carbocycles. The van der Waals surface area contributed by atoms with Crippen molar-refractivity contribution in [3.63, 3.8) is 0 Å². The van der Waals surface area contributed by atoms with Crippen molar-refractivity contribution >= 4 is 5.97 Å². The molecule has 0 unspecified atom stereocenters. The van der Waals surface area contributed by atoms with Crippen LogP contribution in [-0.4, -0.2) is 73.9 Å². The standard InChI is InChI=1S/C33H44O10/c1-25(34)40-30-16-29(13-15-37-24-39-21-27-10-6-3-7-11-27)42-33(19-30)22-32(35)18-31(43-33)17-28(41-32)12-14-36-23-38-20-26-8-4-2-5-9-26/h2-11,28-31,35H,12-24H2,1H3/t28-,29-,30+,31+,32-,33+/m1/s1. The molecule has 3 saturated heterocycles. The minimum atomic E-state index is -1.40. The number of fused-ring (bicyclic) bond motifs is 2. The largest absolute Gasteiger partial charge is 0.462 e. The summed E-state index contributed by atoms with van der Waals surface area (Å²) in [5.74, 6) is -2.87. The first-order valence-corrected chi connectivity index (χ1v) is 15.2. The Morgan fingerprint density at radius 1 is 0.791 bits per heavy atom. The van der Waals surface area contributed by atoms with Gasteiger partial charge in [0.15, 0.2) is 11.6 Å². The van der Waals surface area contributed by atoms with E-state index >= 15 is 0 Å². The van der Waals surface area contributed by atoms with Gasteiger partial charge in [0.1, 0.15) is 19.7 Å². The van der Waals surface area contributed by atoms with Crippen molar-refractivity contribution in [1.82, 2.24) is 0 Å². The second-order valence-electron chi connectivity index (χ2n) is 11.7. The van der Waals surface area contributed by atoms with E-state index in [1.54, 1.807) is 0 Å². The lowest BCUT2D eigenvalue weighted by Crippen LogP contribution is -2.63. The number of ether oxygens (including phenoxy) is 8. The Hall–Kier alpha value is -2.41. The number of hydrogen-bond donors (Lipinski definition) is 1. The highest BCUT2D eigenvalue weighted by atomic mass is 16.7. The molecule has 6 atom stereocenters. The molecule has 2 aromatic rings. The zero-order valence-corrected chi connectivity index (χ0v) is 24.9. The van der Waals surface area contributed by atoms with E-state index in [9.17, 15) is 9.90 Å². The van der Waals surface area contributed by atoms with Gasteiger partial charge < -0.3 is 43.0 Å². The Kier molecular flexibility index (Phi) is 11.6. The van der Waals surface area contributed by atoms with Crippen molar-refractivity contribution in [3.05, 3.63) is 71.8 Å². The van der Waals surface area contributed by atoms with E-state index in [0.717, 1.165) is 11.1 Å². The summed E-state index contributed by atoms with van der Waals surface area (Å²) in [6.45, 7) is 3.56. The molecule has 2 aromatic carbocycles. The van der Waals surface area contributed by atoms with Gasteiger partial charge in [-0.05, 0) is 24.0 Å². The molecule has 3 aliphatic rings. The normalized spacial score (nSPS) is 30.3. The summed E-state index contributed by atoms with van der Waals surface area (Å²) in [6.07, 6.45) is 1.96. The van der Waals surface area contributed by atoms with Gasteiger partial charge in [0, 0.05) is 32.6 Å². The predicted molar refractivity (Wildman–Crippen MR) is 154 cm³/mol. The summed E-state index contributed by atoms with van der Waals surface area (Å²) >= 11 is 0. The van der Waals surface area contributed by atoms with E-state index in [0.29, 0.717) is 65.0 Å². The molecule has 0 aliphatic carbocycles. The topological polar surface area (TPSA) is 111 Å². The van der Waals surface area contributed by atoms with Crippen LogP contribution in [0.2, 0.25) is 0 Å². The number of carbonyl (C=O) groups is 1. The van der Waals surface area contributed by atoms with E-state index in [4.69, 9.17) is 37.9 Å². The summed E-state index contributed by atoms with van der Waals surface area (Å²) in [5, 5.41) is 11.5. The molecule has 10 nitrogen and oxygen atoms in total. The first kappa shape index (κ1) is 32.0. The second-order valence-corrected chi connectivity index (χ2v) is 11.7. The lowest BCUT2D eigenvalue weighted by atomic mass is 9.84. The molecule has 3 aliphatic heterocycles. The minimum Gasteiger partial charge on any atom is -0.462 e. The summed E-state index contributed by atoms with van der Waals surface area (Å²) in [5.41, 5.74) is 2.17. The SMILES string of the molecule is CC(=O)O[C@H]1C[C@@H](CCOCOCc2ccccc2)O[C@]2(C1)C[C@@]1(O)C[C@H](C[C@@H](CCOCOCc3ccccc3)O1)O2. The van der Waals surface area contributed by atoms with Gasteiger partial charge in [-0.25, -0.2) is 0 Å². The molecule has 1 N–H and O–H groups in total. The molecule has 236 valence electrons. The van der Waals surface area contributed by atoms with Crippen molar-refractivity contribution in [2.75, 3.05) is 26.8 Å². The highest BCUT2D eigenvalue weighted by Crippen LogP contribution is 2.48. The average molecular weight is 601 g/mol. The fraction of sp³-hybridized carbons (Fsp3) is 0.606. The van der Waals surface area contributed by atoms with Gasteiger partial charge in [-0.15, -0.1) is 0 Å². The maximum absolute atomic E-state index is 11.8. The van der Waals surface area contributed by atoms with Crippen LogP contribution in [0.25, 0.3) is 0 Å².